The molecule has 8 heteroatoms. The second kappa shape index (κ2) is 16.8. The van der Waals surface area contributed by atoms with Gasteiger partial charge in [-0.05, 0) is 50.1 Å². The van der Waals surface area contributed by atoms with Gasteiger partial charge in [0.2, 0.25) is 5.71 Å². The molecule has 0 fully saturated rings. The maximum atomic E-state index is 6.39. The van der Waals surface area contributed by atoms with Crippen LogP contribution in [0.5, 0.6) is 0 Å². The average molecular weight is 1010 g/mol. The normalized spacial score (nSPS) is 11.7. The summed E-state index contributed by atoms with van der Waals surface area (Å²) in [6.45, 7) is 13.0. The molecule has 9 aromatic rings. The third kappa shape index (κ3) is 8.61. The molecular formula is C51H49GeIrN5O-2. The number of aryl methyl sites for hydroxylation is 3. The zero-order valence-electron chi connectivity index (χ0n) is 35.2. The summed E-state index contributed by atoms with van der Waals surface area (Å²) in [5, 5.41) is 2.00. The molecular weight excluding hydrogens is 963 g/mol. The largest absolute Gasteiger partial charge is 0.486 e. The third-order valence-electron chi connectivity index (χ3n) is 10.6. The summed E-state index contributed by atoms with van der Waals surface area (Å²) in [7, 11) is 0. The van der Waals surface area contributed by atoms with Gasteiger partial charge in [-0.15, -0.1) is 18.2 Å². The summed E-state index contributed by atoms with van der Waals surface area (Å²) in [6.07, 6.45) is 5.08. The van der Waals surface area contributed by atoms with Crippen molar-refractivity contribution in [3.8, 4) is 39.5 Å². The van der Waals surface area contributed by atoms with Crippen molar-refractivity contribution in [1.82, 2.24) is 24.5 Å². The first-order valence-electron chi connectivity index (χ1n) is 19.9. The molecule has 6 nitrogen and oxygen atoms in total. The predicted octanol–water partition coefficient (Wildman–Crippen LogP) is 12.5. The van der Waals surface area contributed by atoms with E-state index in [0.717, 1.165) is 90.2 Å². The molecule has 9 rings (SSSR count). The zero-order chi connectivity index (χ0) is 40.8. The Bertz CT molecular complexity index is 2920. The van der Waals surface area contributed by atoms with Crippen molar-refractivity contribution in [3.63, 3.8) is 0 Å². The molecule has 0 saturated heterocycles. The maximum absolute atomic E-state index is 6.39. The number of pyridine rings is 3. The van der Waals surface area contributed by atoms with Crippen molar-refractivity contribution in [3.05, 3.63) is 156 Å². The Kier molecular flexibility index (Phi) is 11.9. The number of hydrogen-bond acceptors (Lipinski definition) is 5. The van der Waals surface area contributed by atoms with E-state index < -0.39 is 13.3 Å². The second-order valence-corrected chi connectivity index (χ2v) is 27.9. The molecule has 4 aromatic carbocycles. The Morgan fingerprint density at radius 2 is 1.49 bits per heavy atom. The van der Waals surface area contributed by atoms with E-state index in [9.17, 15) is 0 Å². The van der Waals surface area contributed by atoms with Crippen LogP contribution in [-0.4, -0.2) is 37.8 Å². The van der Waals surface area contributed by atoms with E-state index in [1.807, 2.05) is 62.5 Å². The molecule has 1 radical (unpaired) electrons. The molecule has 0 bridgehead atoms. The van der Waals surface area contributed by atoms with Gasteiger partial charge >= 0.3 is 132 Å². The first-order valence-corrected chi connectivity index (χ1v) is 27.3. The summed E-state index contributed by atoms with van der Waals surface area (Å²) in [5.41, 5.74) is 14.2. The van der Waals surface area contributed by atoms with E-state index in [-0.39, 0.29) is 20.1 Å². The fraction of sp³-hybridized carbons (Fsp3) is 0.216. The van der Waals surface area contributed by atoms with Crippen molar-refractivity contribution >= 4 is 50.8 Å². The number of imidazole rings is 1. The summed E-state index contributed by atoms with van der Waals surface area (Å²) in [6, 6.07) is 44.1. The molecule has 0 aliphatic heterocycles. The molecule has 5 heterocycles. The summed E-state index contributed by atoms with van der Waals surface area (Å²) in [5.74, 6) is 8.08. The van der Waals surface area contributed by atoms with Crippen molar-refractivity contribution in [2.24, 2.45) is 5.41 Å². The van der Waals surface area contributed by atoms with Crippen molar-refractivity contribution in [1.29, 1.82) is 0 Å². The first kappa shape index (κ1) is 41.9. The smallest absolute Gasteiger partial charge is 0.216 e. The Balaban J connectivity index is 0.000000206. The monoisotopic (exact) mass is 1010 g/mol. The van der Waals surface area contributed by atoms with Gasteiger partial charge in [0.1, 0.15) is 0 Å². The van der Waals surface area contributed by atoms with Crippen LogP contribution in [-0.2, 0) is 26.5 Å². The van der Waals surface area contributed by atoms with E-state index in [1.54, 1.807) is 0 Å². The minimum absolute atomic E-state index is 0. The quantitative estimate of drug-likeness (QED) is 0.123. The minimum atomic E-state index is -1.90. The number of furan rings is 1. The average Bonchev–Trinajstić information content (AvgIpc) is 3.77. The Labute approximate surface area is 363 Å². The predicted molar refractivity (Wildman–Crippen MR) is 243 cm³/mol. The van der Waals surface area contributed by atoms with Crippen LogP contribution in [0.2, 0.25) is 17.3 Å². The first-order chi connectivity index (χ1) is 27.8. The van der Waals surface area contributed by atoms with Gasteiger partial charge in [-0.25, -0.2) is 4.98 Å². The van der Waals surface area contributed by atoms with Crippen molar-refractivity contribution in [2.75, 3.05) is 0 Å². The Hall–Kier alpha value is -5.21. The van der Waals surface area contributed by atoms with Gasteiger partial charge in [0.25, 0.3) is 0 Å². The van der Waals surface area contributed by atoms with E-state index in [1.165, 1.54) is 9.96 Å². The van der Waals surface area contributed by atoms with Crippen LogP contribution in [0.1, 0.15) is 43.3 Å². The van der Waals surface area contributed by atoms with Crippen LogP contribution in [0.25, 0.3) is 72.6 Å². The fourth-order valence-corrected chi connectivity index (χ4v) is 11.0. The van der Waals surface area contributed by atoms with Crippen LogP contribution < -0.4 is 4.40 Å². The third-order valence-corrected chi connectivity index (χ3v) is 14.9. The van der Waals surface area contributed by atoms with Gasteiger partial charge in [-0.1, -0.05) is 59.5 Å². The van der Waals surface area contributed by atoms with Crippen LogP contribution >= 0.6 is 0 Å². The van der Waals surface area contributed by atoms with Gasteiger partial charge in [-0.3, -0.25) is 9.97 Å². The molecule has 59 heavy (non-hydrogen) atoms. The van der Waals surface area contributed by atoms with Crippen molar-refractivity contribution < 1.29 is 24.5 Å². The molecule has 0 atom stereocenters. The van der Waals surface area contributed by atoms with E-state index in [4.69, 9.17) is 19.4 Å². The molecule has 0 unspecified atom stereocenters. The summed E-state index contributed by atoms with van der Waals surface area (Å²) >= 11 is -1.90. The number of hydrogen-bond donors (Lipinski definition) is 0. The second-order valence-electron chi connectivity index (χ2n) is 17.3. The molecule has 0 amide bonds. The number of rotatable bonds is 6. The Morgan fingerprint density at radius 1 is 0.746 bits per heavy atom. The summed E-state index contributed by atoms with van der Waals surface area (Å²) in [4.78, 5) is 19.1. The number of benzene rings is 4. The van der Waals surface area contributed by atoms with Crippen LogP contribution in [0.3, 0.4) is 0 Å². The minimum Gasteiger partial charge on any atom is -0.486 e. The van der Waals surface area contributed by atoms with Gasteiger partial charge in [-0.2, -0.15) is 0 Å². The molecule has 0 saturated carbocycles. The molecule has 0 aliphatic carbocycles. The molecule has 0 spiro atoms. The number of aromatic nitrogens is 5. The SMILES string of the molecule is CC(C)(C)Cc1cc(-c2[c-]cccc2)nc[c]1[Ge]([CH3])([CH3])[CH3].Cc1cc2c(nc1C)oc1c(-c3nc4c(C)nccc4n3-c3ccccc3-c3ccccc3)[c-]ccc12.[Ir]. The van der Waals surface area contributed by atoms with Crippen molar-refractivity contribution in [2.45, 2.75) is 65.2 Å². The Morgan fingerprint density at radius 3 is 2.22 bits per heavy atom. The molecule has 0 aliphatic rings. The number of nitrogens with zero attached hydrogens (tertiary/aromatic N) is 5. The molecule has 5 aromatic heterocycles. The molecule has 0 N–H and O–H groups in total. The van der Waals surface area contributed by atoms with Gasteiger partial charge < -0.3 is 8.98 Å². The fourth-order valence-electron chi connectivity index (χ4n) is 7.68. The zero-order valence-corrected chi connectivity index (χ0v) is 39.7. The maximum Gasteiger partial charge on any atom is 0.216 e. The van der Waals surface area contributed by atoms with E-state index >= 15 is 0 Å². The number of fused-ring (bicyclic) bond motifs is 4. The van der Waals surface area contributed by atoms with E-state index in [2.05, 4.69) is 140 Å². The summed E-state index contributed by atoms with van der Waals surface area (Å²) < 4.78 is 10.1. The molecule has 299 valence electrons. The van der Waals surface area contributed by atoms with Crippen LogP contribution in [0.15, 0.2) is 126 Å². The van der Waals surface area contributed by atoms with Gasteiger partial charge in [0.15, 0.2) is 0 Å². The van der Waals surface area contributed by atoms with Gasteiger partial charge in [0, 0.05) is 48.6 Å². The topological polar surface area (TPSA) is 69.6 Å². The number of para-hydroxylation sites is 1. The van der Waals surface area contributed by atoms with Gasteiger partial charge in [0.05, 0.1) is 28.1 Å². The van der Waals surface area contributed by atoms with Crippen LogP contribution in [0.4, 0.5) is 0 Å². The van der Waals surface area contributed by atoms with E-state index in [0.29, 0.717) is 11.1 Å². The van der Waals surface area contributed by atoms with Crippen LogP contribution in [0, 0.1) is 38.3 Å². The standard InChI is InChI=1S/C32H23N4O.C19H26GeN.Ir/c1-19-18-26-24-13-9-14-25(30(24)37-32(26)34-20(19)2)31-35-29-21(3)33-17-16-28(29)36(31)27-15-8-7-12-23(27)22-10-5-4-6-11-22;1-19(2,3)13-16-12-18(15-10-8-7-9-11-15)21-14-17(16)20(4,5)6;/h4-13,15-18H,1-3H3;7-10,12,14H,13H2,1-6H3;/q2*-1;.